The highest BCUT2D eigenvalue weighted by molar-refractivity contribution is 5.97. The first-order valence-corrected chi connectivity index (χ1v) is 8.20. The SMILES string of the molecule is CN1C(=O)C[C@@H](C(=O)Nc2nc3ccccc3[nH]2)[C@H]1c1ccccc1. The maximum atomic E-state index is 12.8. The highest BCUT2D eigenvalue weighted by Gasteiger charge is 2.42. The second-order valence-electron chi connectivity index (χ2n) is 6.26. The maximum absolute atomic E-state index is 12.8. The Morgan fingerprint density at radius 1 is 1.16 bits per heavy atom. The summed E-state index contributed by atoms with van der Waals surface area (Å²) in [7, 11) is 1.74. The summed E-state index contributed by atoms with van der Waals surface area (Å²) in [5, 5.41) is 2.83. The molecule has 1 aliphatic heterocycles. The predicted octanol–water partition coefficient (Wildman–Crippen LogP) is 2.72. The fourth-order valence-electron chi connectivity index (χ4n) is 3.43. The summed E-state index contributed by atoms with van der Waals surface area (Å²) in [6.07, 6.45) is 0.197. The van der Waals surface area contributed by atoms with Crippen LogP contribution in [0.4, 0.5) is 5.95 Å². The third-order valence-electron chi connectivity index (χ3n) is 4.70. The Hall–Kier alpha value is -3.15. The van der Waals surface area contributed by atoms with Crippen molar-refractivity contribution in [2.24, 2.45) is 5.92 Å². The molecular formula is C19H18N4O2. The van der Waals surface area contributed by atoms with Gasteiger partial charge in [-0.2, -0.15) is 0 Å². The number of likely N-dealkylation sites (tertiary alicyclic amines) is 1. The molecule has 0 unspecified atom stereocenters. The van der Waals surface area contributed by atoms with E-state index in [-0.39, 0.29) is 24.3 Å². The summed E-state index contributed by atoms with van der Waals surface area (Å²) >= 11 is 0. The number of benzene rings is 2. The Morgan fingerprint density at radius 2 is 1.88 bits per heavy atom. The molecule has 25 heavy (non-hydrogen) atoms. The third-order valence-corrected chi connectivity index (χ3v) is 4.70. The fraction of sp³-hybridized carbons (Fsp3) is 0.211. The van der Waals surface area contributed by atoms with Crippen LogP contribution in [0.25, 0.3) is 11.0 Å². The Balaban J connectivity index is 1.60. The van der Waals surface area contributed by atoms with Crippen LogP contribution in [0.3, 0.4) is 0 Å². The van der Waals surface area contributed by atoms with E-state index in [0.29, 0.717) is 5.95 Å². The Kier molecular flexibility index (Phi) is 3.72. The van der Waals surface area contributed by atoms with Crippen molar-refractivity contribution < 1.29 is 9.59 Å². The minimum Gasteiger partial charge on any atom is -0.338 e. The normalized spacial score (nSPS) is 20.2. The highest BCUT2D eigenvalue weighted by Crippen LogP contribution is 2.37. The van der Waals surface area contributed by atoms with E-state index in [1.54, 1.807) is 11.9 Å². The number of hydrogen-bond acceptors (Lipinski definition) is 3. The quantitative estimate of drug-likeness (QED) is 0.773. The number of rotatable bonds is 3. The molecule has 2 aromatic carbocycles. The van der Waals surface area contributed by atoms with Crippen molar-refractivity contribution in [3.8, 4) is 0 Å². The molecule has 1 saturated heterocycles. The predicted molar refractivity (Wildman–Crippen MR) is 94.8 cm³/mol. The Labute approximate surface area is 144 Å². The lowest BCUT2D eigenvalue weighted by molar-refractivity contribution is -0.128. The zero-order valence-electron chi connectivity index (χ0n) is 13.8. The summed E-state index contributed by atoms with van der Waals surface area (Å²) in [5.41, 5.74) is 2.61. The Bertz CT molecular complexity index is 902. The molecule has 3 aromatic rings. The Morgan fingerprint density at radius 3 is 2.64 bits per heavy atom. The summed E-state index contributed by atoms with van der Waals surface area (Å²) in [6.45, 7) is 0. The first kappa shape index (κ1) is 15.4. The van der Waals surface area contributed by atoms with E-state index in [2.05, 4.69) is 15.3 Å². The zero-order chi connectivity index (χ0) is 17.4. The average Bonchev–Trinajstić information content (AvgIpc) is 3.16. The van der Waals surface area contributed by atoms with Crippen molar-refractivity contribution in [1.82, 2.24) is 14.9 Å². The molecule has 2 amide bonds. The lowest BCUT2D eigenvalue weighted by Crippen LogP contribution is -2.30. The smallest absolute Gasteiger partial charge is 0.232 e. The topological polar surface area (TPSA) is 78.1 Å². The molecule has 0 spiro atoms. The van der Waals surface area contributed by atoms with E-state index in [0.717, 1.165) is 16.6 Å². The van der Waals surface area contributed by atoms with E-state index >= 15 is 0 Å². The minimum atomic E-state index is -0.451. The number of imidazole rings is 1. The van der Waals surface area contributed by atoms with Gasteiger partial charge in [0.1, 0.15) is 0 Å². The van der Waals surface area contributed by atoms with Crippen molar-refractivity contribution >= 4 is 28.8 Å². The minimum absolute atomic E-state index is 0.0291. The van der Waals surface area contributed by atoms with Crippen LogP contribution in [-0.2, 0) is 9.59 Å². The summed E-state index contributed by atoms with van der Waals surface area (Å²) in [4.78, 5) is 34.1. The van der Waals surface area contributed by atoms with Crippen LogP contribution in [0.5, 0.6) is 0 Å². The van der Waals surface area contributed by atoms with E-state index in [1.165, 1.54) is 0 Å². The van der Waals surface area contributed by atoms with E-state index in [9.17, 15) is 9.59 Å². The van der Waals surface area contributed by atoms with Crippen molar-refractivity contribution in [1.29, 1.82) is 0 Å². The monoisotopic (exact) mass is 334 g/mol. The van der Waals surface area contributed by atoms with Crippen molar-refractivity contribution in [2.75, 3.05) is 12.4 Å². The zero-order valence-corrected chi connectivity index (χ0v) is 13.8. The molecule has 1 fully saturated rings. The second-order valence-corrected chi connectivity index (χ2v) is 6.26. The number of para-hydroxylation sites is 2. The van der Waals surface area contributed by atoms with Crippen molar-refractivity contribution in [3.63, 3.8) is 0 Å². The van der Waals surface area contributed by atoms with Crippen LogP contribution in [0.15, 0.2) is 54.6 Å². The second kappa shape index (κ2) is 6.05. The van der Waals surface area contributed by atoms with E-state index in [1.807, 2.05) is 54.6 Å². The van der Waals surface area contributed by atoms with Gasteiger partial charge in [-0.05, 0) is 17.7 Å². The molecule has 6 heteroatoms. The van der Waals surface area contributed by atoms with Gasteiger partial charge in [0.2, 0.25) is 17.8 Å². The number of hydrogen-bond donors (Lipinski definition) is 2. The number of amides is 2. The molecule has 6 nitrogen and oxygen atoms in total. The number of H-pyrrole nitrogens is 1. The van der Waals surface area contributed by atoms with Gasteiger partial charge < -0.3 is 9.88 Å². The average molecular weight is 334 g/mol. The lowest BCUT2D eigenvalue weighted by Gasteiger charge is -2.24. The van der Waals surface area contributed by atoms with Gasteiger partial charge in [-0.15, -0.1) is 0 Å². The van der Waals surface area contributed by atoms with Crippen LogP contribution < -0.4 is 5.32 Å². The molecule has 4 rings (SSSR count). The standard InChI is InChI=1S/C19H18N4O2/c1-23-16(24)11-13(17(23)12-7-3-2-4-8-12)18(25)22-19-20-14-9-5-6-10-15(14)21-19/h2-10,13,17H,11H2,1H3,(H2,20,21,22,25)/t13-,17-/m1/s1. The molecular weight excluding hydrogens is 316 g/mol. The number of aromatic amines is 1. The van der Waals surface area contributed by atoms with E-state index in [4.69, 9.17) is 0 Å². The van der Waals surface area contributed by atoms with Crippen LogP contribution in [0.2, 0.25) is 0 Å². The number of carbonyl (C=O) groups excluding carboxylic acids is 2. The highest BCUT2D eigenvalue weighted by atomic mass is 16.2. The van der Waals surface area contributed by atoms with Gasteiger partial charge in [-0.3, -0.25) is 14.9 Å². The number of aromatic nitrogens is 2. The van der Waals surface area contributed by atoms with Crippen molar-refractivity contribution in [3.05, 3.63) is 60.2 Å². The van der Waals surface area contributed by atoms with Crippen LogP contribution in [-0.4, -0.2) is 33.7 Å². The molecule has 2 heterocycles. The molecule has 0 bridgehead atoms. The first-order chi connectivity index (χ1) is 12.1. The van der Waals surface area contributed by atoms with Gasteiger partial charge in [0.25, 0.3) is 0 Å². The summed E-state index contributed by atoms with van der Waals surface area (Å²) in [5.74, 6) is -0.280. The number of fused-ring (bicyclic) bond motifs is 1. The largest absolute Gasteiger partial charge is 0.338 e. The molecule has 2 atom stereocenters. The van der Waals surface area contributed by atoms with Gasteiger partial charge in [0, 0.05) is 13.5 Å². The maximum Gasteiger partial charge on any atom is 0.232 e. The molecule has 1 aromatic heterocycles. The molecule has 0 radical (unpaired) electrons. The summed E-state index contributed by atoms with van der Waals surface area (Å²) in [6, 6.07) is 17.0. The lowest BCUT2D eigenvalue weighted by atomic mass is 9.93. The molecule has 126 valence electrons. The van der Waals surface area contributed by atoms with Crippen LogP contribution >= 0.6 is 0 Å². The van der Waals surface area contributed by atoms with Gasteiger partial charge in [0.15, 0.2) is 0 Å². The molecule has 0 aliphatic carbocycles. The van der Waals surface area contributed by atoms with Crippen LogP contribution in [0.1, 0.15) is 18.0 Å². The number of nitrogens with one attached hydrogen (secondary N) is 2. The van der Waals surface area contributed by atoms with E-state index < -0.39 is 5.92 Å². The van der Waals surface area contributed by atoms with Gasteiger partial charge >= 0.3 is 0 Å². The molecule has 1 aliphatic rings. The van der Waals surface area contributed by atoms with Crippen LogP contribution in [0, 0.1) is 5.92 Å². The molecule has 2 N–H and O–H groups in total. The third kappa shape index (κ3) is 2.76. The van der Waals surface area contributed by atoms with Crippen molar-refractivity contribution in [2.45, 2.75) is 12.5 Å². The van der Waals surface area contributed by atoms with Gasteiger partial charge in [-0.25, -0.2) is 4.98 Å². The summed E-state index contributed by atoms with van der Waals surface area (Å²) < 4.78 is 0. The van der Waals surface area contributed by atoms with Gasteiger partial charge in [-0.1, -0.05) is 42.5 Å². The first-order valence-electron chi connectivity index (χ1n) is 8.20. The molecule has 0 saturated carbocycles. The number of nitrogens with zero attached hydrogens (tertiary/aromatic N) is 2. The number of carbonyl (C=O) groups is 2. The fourth-order valence-corrected chi connectivity index (χ4v) is 3.43. The van der Waals surface area contributed by atoms with Gasteiger partial charge in [0.05, 0.1) is 23.0 Å². The number of anilines is 1.